The molecule has 0 aliphatic heterocycles. The Hall–Kier alpha value is -0.610. The molecule has 1 unspecified atom stereocenters. The van der Waals surface area contributed by atoms with Gasteiger partial charge in [-0.25, -0.2) is 0 Å². The van der Waals surface area contributed by atoms with Crippen molar-refractivity contribution in [3.63, 3.8) is 0 Å². The molecule has 4 nitrogen and oxygen atoms in total. The van der Waals surface area contributed by atoms with Crippen molar-refractivity contribution in [2.24, 2.45) is 11.1 Å². The highest BCUT2D eigenvalue weighted by Gasteiger charge is 2.22. The van der Waals surface area contributed by atoms with Gasteiger partial charge in [0.25, 0.3) is 0 Å². The van der Waals surface area contributed by atoms with E-state index in [1.165, 1.54) is 0 Å². The van der Waals surface area contributed by atoms with Crippen molar-refractivity contribution < 1.29 is 9.90 Å². The Morgan fingerprint density at radius 3 is 2.19 bits per heavy atom. The minimum atomic E-state index is -0.571. The molecule has 96 valence electrons. The van der Waals surface area contributed by atoms with Crippen molar-refractivity contribution in [1.29, 1.82) is 0 Å². The van der Waals surface area contributed by atoms with Gasteiger partial charge in [-0.3, -0.25) is 4.79 Å². The van der Waals surface area contributed by atoms with Crippen LogP contribution in [-0.4, -0.2) is 29.2 Å². The molecule has 0 aromatic rings. The SMILES string of the molecule is CC(C)(C)CC(N)CC(=O)NC(C)(C)CO. The molecule has 1 amide bonds. The Kier molecular flexibility index (Phi) is 5.42. The fourth-order valence-corrected chi connectivity index (χ4v) is 1.56. The number of nitrogens with one attached hydrogen (secondary N) is 1. The van der Waals surface area contributed by atoms with Crippen LogP contribution in [0.4, 0.5) is 0 Å². The fraction of sp³-hybridized carbons (Fsp3) is 0.917. The standard InChI is InChI=1S/C12H26N2O2/c1-11(2,3)7-9(13)6-10(16)14-12(4,5)8-15/h9,15H,6-8,13H2,1-5H3,(H,14,16). The number of aliphatic hydroxyl groups is 1. The van der Waals surface area contributed by atoms with Crippen LogP contribution in [0.5, 0.6) is 0 Å². The molecule has 0 fully saturated rings. The Bertz CT molecular complexity index is 232. The molecule has 0 aliphatic carbocycles. The summed E-state index contributed by atoms with van der Waals surface area (Å²) in [6.07, 6.45) is 1.11. The van der Waals surface area contributed by atoms with Gasteiger partial charge in [0.05, 0.1) is 12.1 Å². The number of carbonyl (C=O) groups is 1. The maximum absolute atomic E-state index is 11.6. The molecule has 0 aromatic heterocycles. The van der Waals surface area contributed by atoms with Crippen LogP contribution in [0.25, 0.3) is 0 Å². The van der Waals surface area contributed by atoms with Gasteiger partial charge in [0.1, 0.15) is 0 Å². The minimum absolute atomic E-state index is 0.0761. The third-order valence-electron chi connectivity index (χ3n) is 2.20. The van der Waals surface area contributed by atoms with Gasteiger partial charge in [-0.05, 0) is 25.7 Å². The van der Waals surface area contributed by atoms with Gasteiger partial charge in [-0.1, -0.05) is 20.8 Å². The van der Waals surface area contributed by atoms with E-state index in [4.69, 9.17) is 10.8 Å². The summed E-state index contributed by atoms with van der Waals surface area (Å²) in [6.45, 7) is 9.78. The summed E-state index contributed by atoms with van der Waals surface area (Å²) in [5.74, 6) is -0.101. The van der Waals surface area contributed by atoms with Gasteiger partial charge in [0.2, 0.25) is 5.91 Å². The lowest BCUT2D eigenvalue weighted by Crippen LogP contribution is -2.48. The van der Waals surface area contributed by atoms with Crippen LogP contribution < -0.4 is 11.1 Å². The lowest BCUT2D eigenvalue weighted by molar-refractivity contribution is -0.123. The number of amides is 1. The van der Waals surface area contributed by atoms with Crippen LogP contribution in [0.1, 0.15) is 47.5 Å². The first-order valence-electron chi connectivity index (χ1n) is 5.73. The Balaban J connectivity index is 4.06. The lowest BCUT2D eigenvalue weighted by Gasteiger charge is -2.26. The largest absolute Gasteiger partial charge is 0.394 e. The smallest absolute Gasteiger partial charge is 0.222 e. The zero-order valence-electron chi connectivity index (χ0n) is 11.1. The minimum Gasteiger partial charge on any atom is -0.394 e. The Morgan fingerprint density at radius 1 is 1.31 bits per heavy atom. The fourth-order valence-electron chi connectivity index (χ4n) is 1.56. The van der Waals surface area contributed by atoms with Gasteiger partial charge >= 0.3 is 0 Å². The van der Waals surface area contributed by atoms with Crippen molar-refractivity contribution in [2.45, 2.75) is 59.0 Å². The molecule has 0 spiro atoms. The first-order valence-corrected chi connectivity index (χ1v) is 5.73. The third kappa shape index (κ3) is 7.65. The second-order valence-corrected chi connectivity index (χ2v) is 6.32. The topological polar surface area (TPSA) is 75.4 Å². The molecule has 4 N–H and O–H groups in total. The maximum atomic E-state index is 11.6. The predicted octanol–water partition coefficient (Wildman–Crippen LogP) is 1.03. The van der Waals surface area contributed by atoms with E-state index in [9.17, 15) is 4.79 Å². The summed E-state index contributed by atoms with van der Waals surface area (Å²) in [7, 11) is 0. The van der Waals surface area contributed by atoms with Crippen molar-refractivity contribution in [3.8, 4) is 0 Å². The zero-order valence-corrected chi connectivity index (χ0v) is 11.1. The summed E-state index contributed by atoms with van der Waals surface area (Å²) in [4.78, 5) is 11.6. The Morgan fingerprint density at radius 2 is 1.81 bits per heavy atom. The van der Waals surface area contributed by atoms with Crippen LogP contribution in [0.3, 0.4) is 0 Å². The van der Waals surface area contributed by atoms with Crippen LogP contribution >= 0.6 is 0 Å². The summed E-state index contributed by atoms with van der Waals surface area (Å²) < 4.78 is 0. The highest BCUT2D eigenvalue weighted by Crippen LogP contribution is 2.21. The highest BCUT2D eigenvalue weighted by molar-refractivity contribution is 5.77. The summed E-state index contributed by atoms with van der Waals surface area (Å²) in [5.41, 5.74) is 5.46. The number of hydrogen-bond acceptors (Lipinski definition) is 3. The molecule has 0 aliphatic rings. The van der Waals surface area contributed by atoms with Crippen molar-refractivity contribution in [2.75, 3.05) is 6.61 Å². The molecule has 0 heterocycles. The van der Waals surface area contributed by atoms with E-state index < -0.39 is 5.54 Å². The molecular formula is C12H26N2O2. The summed E-state index contributed by atoms with van der Waals surface area (Å²) >= 11 is 0. The van der Waals surface area contributed by atoms with E-state index in [-0.39, 0.29) is 24.0 Å². The van der Waals surface area contributed by atoms with Gasteiger partial charge in [-0.2, -0.15) is 0 Å². The van der Waals surface area contributed by atoms with E-state index in [1.54, 1.807) is 13.8 Å². The normalized spacial score (nSPS) is 14.7. The van der Waals surface area contributed by atoms with Gasteiger partial charge in [0, 0.05) is 12.5 Å². The molecule has 0 saturated carbocycles. The molecule has 4 heteroatoms. The summed E-state index contributed by atoms with van der Waals surface area (Å²) in [5, 5.41) is 11.8. The molecule has 0 rings (SSSR count). The second kappa shape index (κ2) is 5.64. The van der Waals surface area contributed by atoms with Gasteiger partial charge in [-0.15, -0.1) is 0 Å². The average Bonchev–Trinajstić information content (AvgIpc) is 1.98. The molecule has 1 atom stereocenters. The van der Waals surface area contributed by atoms with E-state index in [0.717, 1.165) is 6.42 Å². The number of rotatable bonds is 5. The van der Waals surface area contributed by atoms with Gasteiger partial charge < -0.3 is 16.2 Å². The van der Waals surface area contributed by atoms with Gasteiger partial charge in [0.15, 0.2) is 0 Å². The quantitative estimate of drug-likeness (QED) is 0.660. The number of carbonyl (C=O) groups excluding carboxylic acids is 1. The molecule has 0 radical (unpaired) electrons. The predicted molar refractivity (Wildman–Crippen MR) is 66.0 cm³/mol. The zero-order chi connectivity index (χ0) is 13.0. The second-order valence-electron chi connectivity index (χ2n) is 6.32. The number of nitrogens with two attached hydrogens (primary N) is 1. The summed E-state index contributed by atoms with van der Waals surface area (Å²) in [6, 6.07) is -0.130. The van der Waals surface area contributed by atoms with Crippen molar-refractivity contribution in [3.05, 3.63) is 0 Å². The third-order valence-corrected chi connectivity index (χ3v) is 2.20. The first kappa shape index (κ1) is 15.4. The number of aliphatic hydroxyl groups excluding tert-OH is 1. The molecule has 0 bridgehead atoms. The van der Waals surface area contributed by atoms with E-state index in [0.29, 0.717) is 6.42 Å². The number of hydrogen-bond donors (Lipinski definition) is 3. The molecule has 16 heavy (non-hydrogen) atoms. The highest BCUT2D eigenvalue weighted by atomic mass is 16.3. The van der Waals surface area contributed by atoms with E-state index in [2.05, 4.69) is 26.1 Å². The van der Waals surface area contributed by atoms with Crippen LogP contribution in [0.2, 0.25) is 0 Å². The van der Waals surface area contributed by atoms with Crippen LogP contribution in [0, 0.1) is 5.41 Å². The monoisotopic (exact) mass is 230 g/mol. The van der Waals surface area contributed by atoms with Crippen molar-refractivity contribution in [1.82, 2.24) is 5.32 Å². The average molecular weight is 230 g/mol. The van der Waals surface area contributed by atoms with Crippen molar-refractivity contribution >= 4 is 5.91 Å². The Labute approximate surface area is 98.6 Å². The molecule has 0 saturated heterocycles. The van der Waals surface area contributed by atoms with E-state index in [1.807, 2.05) is 0 Å². The lowest BCUT2D eigenvalue weighted by atomic mass is 9.87. The maximum Gasteiger partial charge on any atom is 0.222 e. The van der Waals surface area contributed by atoms with Crippen LogP contribution in [-0.2, 0) is 4.79 Å². The van der Waals surface area contributed by atoms with Crippen LogP contribution in [0.15, 0.2) is 0 Å². The first-order chi connectivity index (χ1) is 7.06. The van der Waals surface area contributed by atoms with E-state index >= 15 is 0 Å². The molecular weight excluding hydrogens is 204 g/mol. The molecule has 0 aromatic carbocycles.